The minimum Gasteiger partial charge on any atom is -0.490 e. The second-order valence-electron chi connectivity index (χ2n) is 7.71. The average Bonchev–Trinajstić information content (AvgIpc) is 2.68. The van der Waals surface area contributed by atoms with E-state index in [-0.39, 0.29) is 17.7 Å². The number of hydrogen-bond donors (Lipinski definition) is 1. The van der Waals surface area contributed by atoms with Crippen LogP contribution in [-0.4, -0.2) is 41.5 Å². The molecule has 1 heterocycles. The molecule has 8 heteroatoms. The molecular formula is C22H27ClN2O5. The molecule has 7 nitrogen and oxygen atoms in total. The first-order chi connectivity index (χ1) is 14.3. The molecule has 1 aliphatic carbocycles. The van der Waals surface area contributed by atoms with Crippen molar-refractivity contribution in [1.29, 1.82) is 0 Å². The predicted octanol–water partition coefficient (Wildman–Crippen LogP) is 4.32. The quantitative estimate of drug-likeness (QED) is 0.532. The van der Waals surface area contributed by atoms with E-state index < -0.39 is 17.8 Å². The number of nitrogens with one attached hydrogen (secondary N) is 1. The normalized spacial score (nSPS) is 19.4. The molecule has 3 rings (SSSR count). The molecule has 0 aromatic heterocycles. The summed E-state index contributed by atoms with van der Waals surface area (Å²) in [5, 5.41) is 2.60. The van der Waals surface area contributed by atoms with Gasteiger partial charge in [-0.2, -0.15) is 0 Å². The first-order valence-electron chi connectivity index (χ1n) is 10.3. The van der Waals surface area contributed by atoms with Crippen molar-refractivity contribution in [3.8, 4) is 11.5 Å². The number of halogens is 1. The highest BCUT2D eigenvalue weighted by Gasteiger charge is 2.40. The molecule has 0 bridgehead atoms. The maximum Gasteiger partial charge on any atom is 0.331 e. The van der Waals surface area contributed by atoms with Crippen LogP contribution in [0, 0.1) is 0 Å². The molecule has 4 amide bonds. The van der Waals surface area contributed by atoms with Gasteiger partial charge in [-0.1, -0.05) is 30.9 Å². The van der Waals surface area contributed by atoms with Gasteiger partial charge in [0.2, 0.25) is 0 Å². The molecule has 0 atom stereocenters. The van der Waals surface area contributed by atoms with Crippen LogP contribution in [0.15, 0.2) is 17.7 Å². The zero-order chi connectivity index (χ0) is 21.8. The van der Waals surface area contributed by atoms with Crippen LogP contribution in [0.4, 0.5) is 4.79 Å². The predicted molar refractivity (Wildman–Crippen MR) is 114 cm³/mol. The Balaban J connectivity index is 1.96. The fourth-order valence-electron chi connectivity index (χ4n) is 3.79. The number of benzene rings is 1. The number of urea groups is 1. The fraction of sp³-hybridized carbons (Fsp3) is 0.500. The van der Waals surface area contributed by atoms with Crippen LogP contribution in [0.2, 0.25) is 5.02 Å². The average molecular weight is 435 g/mol. The molecule has 1 aromatic rings. The molecular weight excluding hydrogens is 408 g/mol. The lowest BCUT2D eigenvalue weighted by molar-refractivity contribution is -0.132. The Labute approximate surface area is 181 Å². The van der Waals surface area contributed by atoms with Crippen molar-refractivity contribution < 1.29 is 23.9 Å². The van der Waals surface area contributed by atoms with Crippen LogP contribution in [0.25, 0.3) is 6.08 Å². The monoisotopic (exact) mass is 434 g/mol. The first-order valence-corrected chi connectivity index (χ1v) is 10.7. The Morgan fingerprint density at radius 3 is 2.53 bits per heavy atom. The highest BCUT2D eigenvalue weighted by atomic mass is 35.5. The van der Waals surface area contributed by atoms with Crippen molar-refractivity contribution in [2.75, 3.05) is 6.61 Å². The second kappa shape index (κ2) is 9.51. The van der Waals surface area contributed by atoms with E-state index in [1.807, 2.05) is 20.8 Å². The summed E-state index contributed by atoms with van der Waals surface area (Å²) in [6.07, 6.45) is 5.84. The molecule has 30 heavy (non-hydrogen) atoms. The number of carbonyl (C=O) groups excluding carboxylic acids is 3. The zero-order valence-corrected chi connectivity index (χ0v) is 18.3. The Kier molecular flexibility index (Phi) is 7.02. The number of barbiturate groups is 1. The molecule has 0 spiro atoms. The minimum atomic E-state index is -0.714. The molecule has 1 aromatic carbocycles. The van der Waals surface area contributed by atoms with Crippen molar-refractivity contribution in [3.05, 3.63) is 28.3 Å². The summed E-state index contributed by atoms with van der Waals surface area (Å²) in [4.78, 5) is 39.0. The number of amides is 4. The standard InChI is InChI=1S/C22H27ClN2O5/c1-4-29-18-12-14(11-17(23)19(18)30-13(2)3)10-16-20(26)24-22(28)25(21(16)27)15-8-6-5-7-9-15/h10-13,15H,4-9H2,1-3H3,(H,24,26,28). The van der Waals surface area contributed by atoms with Gasteiger partial charge in [0, 0.05) is 6.04 Å². The Morgan fingerprint density at radius 1 is 1.20 bits per heavy atom. The van der Waals surface area contributed by atoms with E-state index in [1.165, 1.54) is 11.0 Å². The molecule has 1 saturated heterocycles. The number of rotatable bonds is 6. The largest absolute Gasteiger partial charge is 0.490 e. The number of ether oxygens (including phenoxy) is 2. The van der Waals surface area contributed by atoms with Gasteiger partial charge in [0.05, 0.1) is 17.7 Å². The van der Waals surface area contributed by atoms with Crippen molar-refractivity contribution >= 4 is 35.5 Å². The molecule has 2 aliphatic rings. The van der Waals surface area contributed by atoms with Crippen molar-refractivity contribution in [2.45, 2.75) is 65.0 Å². The van der Waals surface area contributed by atoms with Gasteiger partial charge < -0.3 is 9.47 Å². The van der Waals surface area contributed by atoms with E-state index in [0.29, 0.717) is 28.7 Å². The summed E-state index contributed by atoms with van der Waals surface area (Å²) in [7, 11) is 0. The van der Waals surface area contributed by atoms with Gasteiger partial charge in [0.15, 0.2) is 11.5 Å². The van der Waals surface area contributed by atoms with Crippen LogP contribution in [-0.2, 0) is 9.59 Å². The third kappa shape index (κ3) is 4.78. The highest BCUT2D eigenvalue weighted by Crippen LogP contribution is 2.38. The molecule has 162 valence electrons. The molecule has 2 fully saturated rings. The number of nitrogens with zero attached hydrogens (tertiary/aromatic N) is 1. The lowest BCUT2D eigenvalue weighted by atomic mass is 9.93. The van der Waals surface area contributed by atoms with Crippen molar-refractivity contribution in [1.82, 2.24) is 10.2 Å². The Morgan fingerprint density at radius 2 is 1.90 bits per heavy atom. The van der Waals surface area contributed by atoms with Gasteiger partial charge in [-0.15, -0.1) is 0 Å². The molecule has 1 aliphatic heterocycles. The van der Waals surface area contributed by atoms with E-state index in [0.717, 1.165) is 32.1 Å². The topological polar surface area (TPSA) is 84.9 Å². The third-order valence-electron chi connectivity index (χ3n) is 5.07. The summed E-state index contributed by atoms with van der Waals surface area (Å²) in [6.45, 7) is 5.99. The maximum absolute atomic E-state index is 13.0. The van der Waals surface area contributed by atoms with Gasteiger partial charge in [0.1, 0.15) is 5.57 Å². The summed E-state index contributed by atoms with van der Waals surface area (Å²) in [6, 6.07) is 2.44. The maximum atomic E-state index is 13.0. The summed E-state index contributed by atoms with van der Waals surface area (Å²) >= 11 is 6.39. The fourth-order valence-corrected chi connectivity index (χ4v) is 4.06. The van der Waals surface area contributed by atoms with Crippen LogP contribution >= 0.6 is 11.6 Å². The van der Waals surface area contributed by atoms with Crippen LogP contribution in [0.5, 0.6) is 11.5 Å². The minimum absolute atomic E-state index is 0.101. The van der Waals surface area contributed by atoms with Crippen molar-refractivity contribution in [2.24, 2.45) is 0 Å². The van der Waals surface area contributed by atoms with Gasteiger partial charge in [-0.05, 0) is 57.4 Å². The molecule has 0 unspecified atom stereocenters. The van der Waals surface area contributed by atoms with Crippen LogP contribution in [0.1, 0.15) is 58.4 Å². The van der Waals surface area contributed by atoms with Gasteiger partial charge in [0.25, 0.3) is 11.8 Å². The summed E-state index contributed by atoms with van der Waals surface area (Å²) in [5.74, 6) is -0.454. The highest BCUT2D eigenvalue weighted by molar-refractivity contribution is 6.33. The zero-order valence-electron chi connectivity index (χ0n) is 17.5. The van der Waals surface area contributed by atoms with E-state index >= 15 is 0 Å². The summed E-state index contributed by atoms with van der Waals surface area (Å²) in [5.41, 5.74) is 0.409. The van der Waals surface area contributed by atoms with Gasteiger partial charge in [-0.3, -0.25) is 19.8 Å². The van der Waals surface area contributed by atoms with Gasteiger partial charge in [-0.25, -0.2) is 4.79 Å². The van der Waals surface area contributed by atoms with Gasteiger partial charge >= 0.3 is 6.03 Å². The second-order valence-corrected chi connectivity index (χ2v) is 8.12. The number of carbonyl (C=O) groups is 3. The van der Waals surface area contributed by atoms with Crippen molar-refractivity contribution in [3.63, 3.8) is 0 Å². The number of hydrogen-bond acceptors (Lipinski definition) is 5. The van der Waals surface area contributed by atoms with Crippen LogP contribution < -0.4 is 14.8 Å². The third-order valence-corrected chi connectivity index (χ3v) is 5.35. The summed E-state index contributed by atoms with van der Waals surface area (Å²) < 4.78 is 11.4. The van der Waals surface area contributed by atoms with E-state index in [9.17, 15) is 14.4 Å². The smallest absolute Gasteiger partial charge is 0.331 e. The molecule has 0 radical (unpaired) electrons. The molecule has 1 N–H and O–H groups in total. The number of imide groups is 2. The lowest BCUT2D eigenvalue weighted by Crippen LogP contribution is -2.58. The molecule has 1 saturated carbocycles. The SMILES string of the molecule is CCOc1cc(C=C2C(=O)NC(=O)N(C3CCCCC3)C2=O)cc(Cl)c1OC(C)C. The Hall–Kier alpha value is -2.54. The first kappa shape index (κ1) is 22.2. The Bertz CT molecular complexity index is 875. The van der Waals surface area contributed by atoms with E-state index in [1.54, 1.807) is 12.1 Å². The van der Waals surface area contributed by atoms with E-state index in [4.69, 9.17) is 21.1 Å². The van der Waals surface area contributed by atoms with Crippen LogP contribution in [0.3, 0.4) is 0 Å². The lowest BCUT2D eigenvalue weighted by Gasteiger charge is -2.35. The van der Waals surface area contributed by atoms with E-state index in [2.05, 4.69) is 5.32 Å².